The Morgan fingerprint density at radius 3 is 2.95 bits per heavy atom. The summed E-state index contributed by atoms with van der Waals surface area (Å²) in [4.78, 5) is 26.3. The van der Waals surface area contributed by atoms with Crippen LogP contribution in [0.1, 0.15) is 17.5 Å². The molecule has 1 heterocycles. The van der Waals surface area contributed by atoms with Gasteiger partial charge in [0.1, 0.15) is 0 Å². The standard InChI is InChI=1S/C16H18N2O2/c1-3-8-17-15(19)7-5-12-10-13-9-11(2)4-6-14(13)18-16(12)20/h3-4,6,9-10H,1,5,7-8H2,2H3,(H,17,19)(H,18,20). The average molecular weight is 270 g/mol. The highest BCUT2D eigenvalue weighted by Crippen LogP contribution is 2.13. The molecule has 0 spiro atoms. The Labute approximate surface area is 117 Å². The number of carbonyl (C=O) groups is 1. The van der Waals surface area contributed by atoms with E-state index < -0.39 is 0 Å². The smallest absolute Gasteiger partial charge is 0.251 e. The maximum Gasteiger partial charge on any atom is 0.251 e. The van der Waals surface area contributed by atoms with Gasteiger partial charge in [-0.05, 0) is 36.9 Å². The Morgan fingerprint density at radius 2 is 2.20 bits per heavy atom. The number of amides is 1. The van der Waals surface area contributed by atoms with Gasteiger partial charge in [0.05, 0.1) is 0 Å². The third-order valence-corrected chi connectivity index (χ3v) is 3.14. The van der Waals surface area contributed by atoms with Crippen LogP contribution in [0.5, 0.6) is 0 Å². The second kappa shape index (κ2) is 6.19. The summed E-state index contributed by atoms with van der Waals surface area (Å²) >= 11 is 0. The third-order valence-electron chi connectivity index (χ3n) is 3.14. The van der Waals surface area contributed by atoms with E-state index in [9.17, 15) is 9.59 Å². The number of benzene rings is 1. The fourth-order valence-electron chi connectivity index (χ4n) is 2.08. The molecule has 0 fully saturated rings. The predicted molar refractivity (Wildman–Crippen MR) is 80.8 cm³/mol. The molecule has 0 aliphatic rings. The van der Waals surface area contributed by atoms with Gasteiger partial charge in [-0.1, -0.05) is 17.7 Å². The molecule has 2 N–H and O–H groups in total. The first-order valence-electron chi connectivity index (χ1n) is 6.60. The fourth-order valence-corrected chi connectivity index (χ4v) is 2.08. The highest BCUT2D eigenvalue weighted by molar-refractivity contribution is 5.80. The highest BCUT2D eigenvalue weighted by Gasteiger charge is 2.06. The zero-order chi connectivity index (χ0) is 14.5. The van der Waals surface area contributed by atoms with E-state index in [2.05, 4.69) is 16.9 Å². The summed E-state index contributed by atoms with van der Waals surface area (Å²) in [6.07, 6.45) is 2.36. The van der Waals surface area contributed by atoms with Crippen LogP contribution < -0.4 is 10.9 Å². The second-order valence-electron chi connectivity index (χ2n) is 4.81. The van der Waals surface area contributed by atoms with Gasteiger partial charge in [-0.25, -0.2) is 0 Å². The summed E-state index contributed by atoms with van der Waals surface area (Å²) in [5.41, 5.74) is 2.47. The lowest BCUT2D eigenvalue weighted by Crippen LogP contribution is -2.24. The molecule has 0 unspecified atom stereocenters. The average Bonchev–Trinajstić information content (AvgIpc) is 2.43. The topological polar surface area (TPSA) is 62.0 Å². The van der Waals surface area contributed by atoms with E-state index in [1.54, 1.807) is 6.08 Å². The fraction of sp³-hybridized carbons (Fsp3) is 0.250. The Morgan fingerprint density at radius 1 is 1.40 bits per heavy atom. The molecule has 0 saturated heterocycles. The van der Waals surface area contributed by atoms with Crippen LogP contribution in [0.15, 0.2) is 41.7 Å². The SMILES string of the molecule is C=CCNC(=O)CCc1cc2cc(C)ccc2[nH]c1=O. The molecular weight excluding hydrogens is 252 g/mol. The number of pyridine rings is 1. The lowest BCUT2D eigenvalue weighted by atomic mass is 10.1. The molecular formula is C16H18N2O2. The van der Waals surface area contributed by atoms with Crippen molar-refractivity contribution in [2.75, 3.05) is 6.54 Å². The Balaban J connectivity index is 2.17. The van der Waals surface area contributed by atoms with Crippen molar-refractivity contribution in [2.45, 2.75) is 19.8 Å². The summed E-state index contributed by atoms with van der Waals surface area (Å²) in [5, 5.41) is 3.69. The lowest BCUT2D eigenvalue weighted by molar-refractivity contribution is -0.120. The minimum atomic E-state index is -0.127. The van der Waals surface area contributed by atoms with Crippen LogP contribution in [-0.4, -0.2) is 17.4 Å². The van der Waals surface area contributed by atoms with Gasteiger partial charge >= 0.3 is 0 Å². The van der Waals surface area contributed by atoms with E-state index >= 15 is 0 Å². The molecule has 0 saturated carbocycles. The van der Waals surface area contributed by atoms with Crippen LogP contribution in [0.25, 0.3) is 10.9 Å². The van der Waals surface area contributed by atoms with E-state index in [1.807, 2.05) is 31.2 Å². The molecule has 4 heteroatoms. The van der Waals surface area contributed by atoms with E-state index in [-0.39, 0.29) is 11.5 Å². The van der Waals surface area contributed by atoms with Gasteiger partial charge in [0.2, 0.25) is 5.91 Å². The largest absolute Gasteiger partial charge is 0.353 e. The van der Waals surface area contributed by atoms with Crippen molar-refractivity contribution in [2.24, 2.45) is 0 Å². The first-order chi connectivity index (χ1) is 9.60. The maximum atomic E-state index is 11.9. The van der Waals surface area contributed by atoms with Crippen molar-refractivity contribution in [1.82, 2.24) is 10.3 Å². The van der Waals surface area contributed by atoms with Gasteiger partial charge < -0.3 is 10.3 Å². The van der Waals surface area contributed by atoms with Gasteiger partial charge in [0.15, 0.2) is 0 Å². The molecule has 0 radical (unpaired) electrons. The van der Waals surface area contributed by atoms with Gasteiger partial charge in [-0.2, -0.15) is 0 Å². The highest BCUT2D eigenvalue weighted by atomic mass is 16.1. The summed E-state index contributed by atoms with van der Waals surface area (Å²) in [6, 6.07) is 7.74. The minimum absolute atomic E-state index is 0.0753. The summed E-state index contributed by atoms with van der Waals surface area (Å²) in [5.74, 6) is -0.0753. The molecule has 20 heavy (non-hydrogen) atoms. The molecule has 0 bridgehead atoms. The lowest BCUT2D eigenvalue weighted by Gasteiger charge is -2.05. The summed E-state index contributed by atoms with van der Waals surface area (Å²) < 4.78 is 0. The van der Waals surface area contributed by atoms with E-state index in [4.69, 9.17) is 0 Å². The molecule has 0 aliphatic heterocycles. The number of H-pyrrole nitrogens is 1. The predicted octanol–water partition coefficient (Wildman–Crippen LogP) is 2.07. The number of rotatable bonds is 5. The van der Waals surface area contributed by atoms with Crippen molar-refractivity contribution in [1.29, 1.82) is 0 Å². The molecule has 4 nitrogen and oxygen atoms in total. The van der Waals surface area contributed by atoms with Gasteiger partial charge in [0, 0.05) is 24.0 Å². The van der Waals surface area contributed by atoms with Crippen LogP contribution in [0, 0.1) is 6.92 Å². The van der Waals surface area contributed by atoms with Crippen molar-refractivity contribution in [3.8, 4) is 0 Å². The molecule has 104 valence electrons. The second-order valence-corrected chi connectivity index (χ2v) is 4.81. The van der Waals surface area contributed by atoms with Crippen LogP contribution in [0.3, 0.4) is 0 Å². The van der Waals surface area contributed by atoms with Gasteiger partial charge in [0.25, 0.3) is 5.56 Å². The molecule has 1 amide bonds. The number of fused-ring (bicyclic) bond motifs is 1. The van der Waals surface area contributed by atoms with Crippen molar-refractivity contribution in [3.05, 3.63) is 58.4 Å². The number of aromatic amines is 1. The molecule has 0 aliphatic carbocycles. The molecule has 2 rings (SSSR count). The zero-order valence-electron chi connectivity index (χ0n) is 11.5. The van der Waals surface area contributed by atoms with E-state index in [1.165, 1.54) is 0 Å². The molecule has 0 atom stereocenters. The zero-order valence-corrected chi connectivity index (χ0v) is 11.5. The van der Waals surface area contributed by atoms with Crippen LogP contribution in [0.4, 0.5) is 0 Å². The monoisotopic (exact) mass is 270 g/mol. The number of aryl methyl sites for hydroxylation is 2. The normalized spacial score (nSPS) is 10.4. The Kier molecular flexibility index (Phi) is 4.35. The van der Waals surface area contributed by atoms with E-state index in [0.717, 1.165) is 16.5 Å². The van der Waals surface area contributed by atoms with Crippen molar-refractivity contribution < 1.29 is 4.79 Å². The number of hydrogen-bond acceptors (Lipinski definition) is 2. The van der Waals surface area contributed by atoms with Gasteiger partial charge in [-0.3, -0.25) is 9.59 Å². The van der Waals surface area contributed by atoms with Crippen LogP contribution in [-0.2, 0) is 11.2 Å². The number of nitrogens with one attached hydrogen (secondary N) is 2. The maximum absolute atomic E-state index is 11.9. The first kappa shape index (κ1) is 14.1. The van der Waals surface area contributed by atoms with E-state index in [0.29, 0.717) is 24.9 Å². The summed E-state index contributed by atoms with van der Waals surface area (Å²) in [6.45, 7) is 6.00. The quantitative estimate of drug-likeness (QED) is 0.817. The molecule has 1 aromatic carbocycles. The van der Waals surface area contributed by atoms with Crippen molar-refractivity contribution >= 4 is 16.8 Å². The van der Waals surface area contributed by atoms with Crippen LogP contribution in [0.2, 0.25) is 0 Å². The Hall–Kier alpha value is -2.36. The van der Waals surface area contributed by atoms with Gasteiger partial charge in [-0.15, -0.1) is 6.58 Å². The number of carbonyl (C=O) groups excluding carboxylic acids is 1. The number of hydrogen-bond donors (Lipinski definition) is 2. The molecule has 1 aromatic heterocycles. The number of aromatic nitrogens is 1. The summed E-state index contributed by atoms with van der Waals surface area (Å²) in [7, 11) is 0. The molecule has 2 aromatic rings. The minimum Gasteiger partial charge on any atom is -0.353 e. The van der Waals surface area contributed by atoms with Crippen LogP contribution >= 0.6 is 0 Å². The Bertz CT molecular complexity index is 701. The first-order valence-corrected chi connectivity index (χ1v) is 6.60. The van der Waals surface area contributed by atoms with Crippen molar-refractivity contribution in [3.63, 3.8) is 0 Å². The third kappa shape index (κ3) is 3.35.